The second kappa shape index (κ2) is 9.90. The van der Waals surface area contributed by atoms with Gasteiger partial charge in [0.05, 0.1) is 0 Å². The first-order valence-corrected chi connectivity index (χ1v) is 7.59. The predicted molar refractivity (Wildman–Crippen MR) is 74.4 cm³/mol. The van der Waals surface area contributed by atoms with Gasteiger partial charge in [0.1, 0.15) is 0 Å². The minimum Gasteiger partial charge on any atom is -0.385 e. The molecule has 2 unspecified atom stereocenters. The summed E-state index contributed by atoms with van der Waals surface area (Å²) >= 11 is 0. The number of rotatable bonds is 8. The highest BCUT2D eigenvalue weighted by Gasteiger charge is 2.17. The van der Waals surface area contributed by atoms with Gasteiger partial charge in [-0.2, -0.15) is 0 Å². The van der Waals surface area contributed by atoms with Crippen molar-refractivity contribution in [1.29, 1.82) is 0 Å². The topological polar surface area (TPSA) is 21.3 Å². The fourth-order valence-electron chi connectivity index (χ4n) is 2.96. The Morgan fingerprint density at radius 2 is 2.00 bits per heavy atom. The zero-order valence-corrected chi connectivity index (χ0v) is 11.8. The number of hydrogen-bond donors (Lipinski definition) is 1. The first-order chi connectivity index (χ1) is 8.36. The summed E-state index contributed by atoms with van der Waals surface area (Å²) in [6.45, 7) is 4.40. The Balaban J connectivity index is 2.05. The Morgan fingerprint density at radius 1 is 1.12 bits per heavy atom. The van der Waals surface area contributed by atoms with Crippen LogP contribution in [0.15, 0.2) is 0 Å². The smallest absolute Gasteiger partial charge is 0.0462 e. The maximum Gasteiger partial charge on any atom is 0.0462 e. The molecule has 0 aromatic rings. The molecule has 17 heavy (non-hydrogen) atoms. The molecule has 102 valence electrons. The zero-order valence-electron chi connectivity index (χ0n) is 11.8. The third-order valence-corrected chi connectivity index (χ3v) is 3.99. The van der Waals surface area contributed by atoms with Crippen molar-refractivity contribution in [3.05, 3.63) is 0 Å². The Labute approximate surface area is 108 Å². The van der Waals surface area contributed by atoms with Gasteiger partial charge in [-0.1, -0.05) is 32.6 Å². The molecule has 1 saturated carbocycles. The summed E-state index contributed by atoms with van der Waals surface area (Å²) in [6, 6.07) is 0.791. The molecular formula is C15H31NO. The van der Waals surface area contributed by atoms with Crippen molar-refractivity contribution in [3.63, 3.8) is 0 Å². The zero-order chi connectivity index (χ0) is 12.3. The quantitative estimate of drug-likeness (QED) is 0.516. The normalized spacial score (nSPS) is 25.8. The first-order valence-electron chi connectivity index (χ1n) is 7.59. The molecule has 1 fully saturated rings. The van der Waals surface area contributed by atoms with E-state index in [-0.39, 0.29) is 0 Å². The standard InChI is InChI=1S/C15H31NO/c1-3-7-14-8-6-9-15(11-10-14)16-12-4-5-13-17-2/h14-16H,3-13H2,1-2H3. The molecule has 1 rings (SSSR count). The van der Waals surface area contributed by atoms with E-state index in [4.69, 9.17) is 4.74 Å². The van der Waals surface area contributed by atoms with Crippen LogP contribution in [0.4, 0.5) is 0 Å². The molecule has 0 radical (unpaired) electrons. The SMILES string of the molecule is CCCC1CCCC(NCCCCOC)CC1. The van der Waals surface area contributed by atoms with Crippen LogP contribution in [0.2, 0.25) is 0 Å². The van der Waals surface area contributed by atoms with E-state index in [0.717, 1.165) is 18.6 Å². The summed E-state index contributed by atoms with van der Waals surface area (Å²) in [6.07, 6.45) is 12.4. The van der Waals surface area contributed by atoms with Crippen LogP contribution < -0.4 is 5.32 Å². The Morgan fingerprint density at radius 3 is 2.76 bits per heavy atom. The van der Waals surface area contributed by atoms with Crippen molar-refractivity contribution < 1.29 is 4.74 Å². The van der Waals surface area contributed by atoms with Crippen molar-refractivity contribution in [3.8, 4) is 0 Å². The monoisotopic (exact) mass is 241 g/mol. The molecule has 0 aromatic carbocycles. The Kier molecular flexibility index (Phi) is 8.72. The molecule has 1 aliphatic rings. The van der Waals surface area contributed by atoms with Gasteiger partial charge >= 0.3 is 0 Å². The molecule has 2 nitrogen and oxygen atoms in total. The highest BCUT2D eigenvalue weighted by Crippen LogP contribution is 2.26. The maximum atomic E-state index is 5.07. The van der Waals surface area contributed by atoms with Gasteiger partial charge in [-0.25, -0.2) is 0 Å². The number of hydrogen-bond acceptors (Lipinski definition) is 2. The van der Waals surface area contributed by atoms with E-state index in [1.54, 1.807) is 7.11 Å². The second-order valence-corrected chi connectivity index (χ2v) is 5.51. The number of ether oxygens (including phenoxy) is 1. The molecule has 0 bridgehead atoms. The molecule has 1 N–H and O–H groups in total. The van der Waals surface area contributed by atoms with Crippen molar-refractivity contribution in [1.82, 2.24) is 5.32 Å². The molecule has 0 aromatic heterocycles. The lowest BCUT2D eigenvalue weighted by Gasteiger charge is -2.16. The van der Waals surface area contributed by atoms with E-state index in [2.05, 4.69) is 12.2 Å². The van der Waals surface area contributed by atoms with Gasteiger partial charge in [-0.15, -0.1) is 0 Å². The van der Waals surface area contributed by atoms with Crippen LogP contribution >= 0.6 is 0 Å². The van der Waals surface area contributed by atoms with Gasteiger partial charge < -0.3 is 10.1 Å². The minimum atomic E-state index is 0.791. The van der Waals surface area contributed by atoms with Crippen LogP contribution in [-0.2, 0) is 4.74 Å². The molecule has 2 atom stereocenters. The van der Waals surface area contributed by atoms with E-state index < -0.39 is 0 Å². The maximum absolute atomic E-state index is 5.07. The van der Waals surface area contributed by atoms with Crippen LogP contribution in [-0.4, -0.2) is 26.3 Å². The lowest BCUT2D eigenvalue weighted by molar-refractivity contribution is 0.192. The van der Waals surface area contributed by atoms with Gasteiger partial charge in [-0.3, -0.25) is 0 Å². The van der Waals surface area contributed by atoms with Crippen LogP contribution in [0, 0.1) is 5.92 Å². The average molecular weight is 241 g/mol. The predicted octanol–water partition coefficient (Wildman–Crippen LogP) is 3.75. The van der Waals surface area contributed by atoms with Gasteiger partial charge in [0, 0.05) is 19.8 Å². The fraction of sp³-hybridized carbons (Fsp3) is 1.00. The highest BCUT2D eigenvalue weighted by atomic mass is 16.5. The van der Waals surface area contributed by atoms with E-state index in [1.807, 2.05) is 0 Å². The molecule has 0 aliphatic heterocycles. The molecule has 0 saturated heterocycles. The molecule has 1 aliphatic carbocycles. The minimum absolute atomic E-state index is 0.791. The third kappa shape index (κ3) is 7.05. The van der Waals surface area contributed by atoms with E-state index >= 15 is 0 Å². The van der Waals surface area contributed by atoms with Gasteiger partial charge in [-0.05, 0) is 44.6 Å². The van der Waals surface area contributed by atoms with Crippen LogP contribution in [0.1, 0.15) is 64.7 Å². The summed E-state index contributed by atoms with van der Waals surface area (Å²) < 4.78 is 5.07. The molecule has 0 spiro atoms. The third-order valence-electron chi connectivity index (χ3n) is 3.99. The summed E-state index contributed by atoms with van der Waals surface area (Å²) in [5, 5.41) is 3.73. The lowest BCUT2D eigenvalue weighted by atomic mass is 9.95. The summed E-state index contributed by atoms with van der Waals surface area (Å²) in [5.41, 5.74) is 0. The number of methoxy groups -OCH3 is 1. The van der Waals surface area contributed by atoms with Crippen LogP contribution in [0.25, 0.3) is 0 Å². The second-order valence-electron chi connectivity index (χ2n) is 5.51. The Bertz CT molecular complexity index is 172. The van der Waals surface area contributed by atoms with Crippen molar-refractivity contribution in [2.75, 3.05) is 20.3 Å². The molecule has 0 heterocycles. The van der Waals surface area contributed by atoms with Gasteiger partial charge in [0.25, 0.3) is 0 Å². The molecule has 2 heteroatoms. The Hall–Kier alpha value is -0.0800. The van der Waals surface area contributed by atoms with Crippen molar-refractivity contribution in [2.45, 2.75) is 70.8 Å². The first kappa shape index (κ1) is 15.0. The van der Waals surface area contributed by atoms with E-state index in [1.165, 1.54) is 64.3 Å². The van der Waals surface area contributed by atoms with Crippen molar-refractivity contribution >= 4 is 0 Å². The van der Waals surface area contributed by atoms with Gasteiger partial charge in [0.15, 0.2) is 0 Å². The highest BCUT2D eigenvalue weighted by molar-refractivity contribution is 4.74. The fourth-order valence-corrected chi connectivity index (χ4v) is 2.96. The van der Waals surface area contributed by atoms with E-state index in [9.17, 15) is 0 Å². The summed E-state index contributed by atoms with van der Waals surface area (Å²) in [7, 11) is 1.78. The van der Waals surface area contributed by atoms with Gasteiger partial charge in [0.2, 0.25) is 0 Å². The van der Waals surface area contributed by atoms with E-state index in [0.29, 0.717) is 0 Å². The van der Waals surface area contributed by atoms with Crippen LogP contribution in [0.5, 0.6) is 0 Å². The number of unbranched alkanes of at least 4 members (excludes halogenated alkanes) is 1. The lowest BCUT2D eigenvalue weighted by Crippen LogP contribution is -2.29. The average Bonchev–Trinajstić information content (AvgIpc) is 2.55. The number of nitrogens with one attached hydrogen (secondary N) is 1. The van der Waals surface area contributed by atoms with Crippen LogP contribution in [0.3, 0.4) is 0 Å². The van der Waals surface area contributed by atoms with Crippen molar-refractivity contribution in [2.24, 2.45) is 5.92 Å². The summed E-state index contributed by atoms with van der Waals surface area (Å²) in [4.78, 5) is 0. The summed E-state index contributed by atoms with van der Waals surface area (Å²) in [5.74, 6) is 1.01. The molecule has 0 amide bonds. The largest absolute Gasteiger partial charge is 0.385 e. The molecular weight excluding hydrogens is 210 g/mol.